The highest BCUT2D eigenvalue weighted by molar-refractivity contribution is 5.77. The van der Waals surface area contributed by atoms with E-state index < -0.39 is 12.1 Å². The summed E-state index contributed by atoms with van der Waals surface area (Å²) < 4.78 is 9.71. The van der Waals surface area contributed by atoms with E-state index in [9.17, 15) is 9.59 Å². The van der Waals surface area contributed by atoms with Gasteiger partial charge in [-0.1, -0.05) is 13.8 Å². The molecule has 2 atom stereocenters. The van der Waals surface area contributed by atoms with E-state index in [4.69, 9.17) is 4.74 Å². The Hall–Kier alpha value is -1.14. The van der Waals surface area contributed by atoms with Gasteiger partial charge in [-0.3, -0.25) is 9.59 Å². The lowest BCUT2D eigenvalue weighted by Crippen LogP contribution is -2.54. The molecule has 0 radical (unpaired) electrons. The van der Waals surface area contributed by atoms with Gasteiger partial charge in [0.05, 0.1) is 13.2 Å². The molecular weight excluding hydrogens is 236 g/mol. The lowest BCUT2D eigenvalue weighted by Gasteiger charge is -2.23. The summed E-state index contributed by atoms with van der Waals surface area (Å²) in [7, 11) is 1.33. The van der Waals surface area contributed by atoms with Gasteiger partial charge in [0.2, 0.25) is 0 Å². The minimum Gasteiger partial charge on any atom is -0.468 e. The molecule has 0 bridgehead atoms. The molecule has 0 amide bonds. The van der Waals surface area contributed by atoms with E-state index in [1.807, 2.05) is 13.8 Å². The molecular formula is C12H24N2O4. The summed E-state index contributed by atoms with van der Waals surface area (Å²) in [6.45, 7) is 8.99. The Morgan fingerprint density at radius 1 is 0.944 bits per heavy atom. The summed E-state index contributed by atoms with van der Waals surface area (Å²) >= 11 is 0. The highest BCUT2D eigenvalue weighted by Crippen LogP contribution is 2.02. The van der Waals surface area contributed by atoms with Gasteiger partial charge in [-0.25, -0.2) is 10.9 Å². The van der Waals surface area contributed by atoms with Crippen molar-refractivity contribution in [2.45, 2.75) is 52.8 Å². The highest BCUT2D eigenvalue weighted by atomic mass is 16.5. The Morgan fingerprint density at radius 2 is 1.50 bits per heavy atom. The fourth-order valence-electron chi connectivity index (χ4n) is 1.23. The van der Waals surface area contributed by atoms with E-state index in [-0.39, 0.29) is 24.0 Å². The predicted molar refractivity (Wildman–Crippen MR) is 67.6 cm³/mol. The van der Waals surface area contributed by atoms with Crippen LogP contribution in [0.2, 0.25) is 0 Å². The van der Waals surface area contributed by atoms with E-state index >= 15 is 0 Å². The SMILES string of the molecule is COC(=O)C(NNC(C)C(=O)OC(C)C)C(C)C. The minimum absolute atomic E-state index is 0.0401. The van der Waals surface area contributed by atoms with Gasteiger partial charge in [-0.2, -0.15) is 0 Å². The van der Waals surface area contributed by atoms with Gasteiger partial charge < -0.3 is 9.47 Å². The fourth-order valence-corrected chi connectivity index (χ4v) is 1.23. The third-order valence-electron chi connectivity index (χ3n) is 2.28. The Bertz CT molecular complexity index is 279. The molecule has 0 saturated heterocycles. The number of hydrazine groups is 1. The molecule has 0 spiro atoms. The largest absolute Gasteiger partial charge is 0.468 e. The first kappa shape index (κ1) is 16.9. The van der Waals surface area contributed by atoms with Crippen molar-refractivity contribution < 1.29 is 19.1 Å². The molecule has 0 saturated carbocycles. The molecule has 0 rings (SSSR count). The van der Waals surface area contributed by atoms with E-state index in [1.165, 1.54) is 7.11 Å². The Labute approximate surface area is 108 Å². The number of hydrogen-bond acceptors (Lipinski definition) is 6. The number of methoxy groups -OCH3 is 1. The topological polar surface area (TPSA) is 76.7 Å². The van der Waals surface area contributed by atoms with Crippen LogP contribution in [0.1, 0.15) is 34.6 Å². The first-order chi connectivity index (χ1) is 8.29. The average Bonchev–Trinajstić information content (AvgIpc) is 2.27. The maximum atomic E-state index is 11.5. The second kappa shape index (κ2) is 8.05. The van der Waals surface area contributed by atoms with Gasteiger partial charge in [0.1, 0.15) is 12.1 Å². The zero-order chi connectivity index (χ0) is 14.3. The second-order valence-electron chi connectivity index (χ2n) is 4.74. The van der Waals surface area contributed by atoms with E-state index in [2.05, 4.69) is 15.6 Å². The van der Waals surface area contributed by atoms with Crippen LogP contribution >= 0.6 is 0 Å². The standard InChI is InChI=1S/C12H24N2O4/c1-7(2)10(12(16)17-6)14-13-9(5)11(15)18-8(3)4/h7-10,13-14H,1-6H3. The van der Waals surface area contributed by atoms with E-state index in [0.717, 1.165) is 0 Å². The normalized spacial score (nSPS) is 14.4. The number of carbonyl (C=O) groups excluding carboxylic acids is 2. The fraction of sp³-hybridized carbons (Fsp3) is 0.833. The van der Waals surface area contributed by atoms with Crippen molar-refractivity contribution in [2.75, 3.05) is 7.11 Å². The molecule has 0 aromatic rings. The Kier molecular flexibility index (Phi) is 7.54. The van der Waals surface area contributed by atoms with Gasteiger partial charge >= 0.3 is 11.9 Å². The van der Waals surface area contributed by atoms with Gasteiger partial charge in [0.15, 0.2) is 0 Å². The van der Waals surface area contributed by atoms with Gasteiger partial charge in [-0.15, -0.1) is 0 Å². The lowest BCUT2D eigenvalue weighted by atomic mass is 10.1. The van der Waals surface area contributed by atoms with Crippen molar-refractivity contribution in [1.82, 2.24) is 10.9 Å². The molecule has 0 aliphatic heterocycles. The highest BCUT2D eigenvalue weighted by Gasteiger charge is 2.24. The summed E-state index contributed by atoms with van der Waals surface area (Å²) in [5.41, 5.74) is 5.56. The van der Waals surface area contributed by atoms with Crippen LogP contribution in [0.25, 0.3) is 0 Å². The molecule has 0 fully saturated rings. The summed E-state index contributed by atoms with van der Waals surface area (Å²) in [6, 6.07) is -1.05. The van der Waals surface area contributed by atoms with Crippen molar-refractivity contribution in [1.29, 1.82) is 0 Å². The lowest BCUT2D eigenvalue weighted by molar-refractivity contribution is -0.151. The number of esters is 2. The maximum absolute atomic E-state index is 11.5. The third-order valence-corrected chi connectivity index (χ3v) is 2.28. The predicted octanol–water partition coefficient (Wildman–Crippen LogP) is 0.618. The molecule has 0 heterocycles. The molecule has 2 N–H and O–H groups in total. The van der Waals surface area contributed by atoms with Crippen molar-refractivity contribution in [2.24, 2.45) is 5.92 Å². The molecule has 0 aromatic carbocycles. The van der Waals surface area contributed by atoms with Crippen LogP contribution in [0, 0.1) is 5.92 Å². The zero-order valence-electron chi connectivity index (χ0n) is 11.9. The van der Waals surface area contributed by atoms with Crippen LogP contribution in [0.5, 0.6) is 0 Å². The van der Waals surface area contributed by atoms with Gasteiger partial charge in [-0.05, 0) is 26.7 Å². The van der Waals surface area contributed by atoms with E-state index in [0.29, 0.717) is 0 Å². The number of carbonyl (C=O) groups is 2. The van der Waals surface area contributed by atoms with Crippen LogP contribution in [-0.2, 0) is 19.1 Å². The monoisotopic (exact) mass is 260 g/mol. The van der Waals surface area contributed by atoms with Crippen molar-refractivity contribution in [3.63, 3.8) is 0 Å². The van der Waals surface area contributed by atoms with Crippen molar-refractivity contribution in [3.05, 3.63) is 0 Å². The van der Waals surface area contributed by atoms with Crippen LogP contribution in [0.4, 0.5) is 0 Å². The first-order valence-electron chi connectivity index (χ1n) is 6.09. The smallest absolute Gasteiger partial charge is 0.324 e. The number of rotatable bonds is 7. The van der Waals surface area contributed by atoms with Crippen molar-refractivity contribution in [3.8, 4) is 0 Å². The van der Waals surface area contributed by atoms with Crippen LogP contribution in [0.3, 0.4) is 0 Å². The van der Waals surface area contributed by atoms with Crippen LogP contribution in [-0.4, -0.2) is 37.2 Å². The first-order valence-corrected chi connectivity index (χ1v) is 6.09. The quantitative estimate of drug-likeness (QED) is 0.516. The molecule has 0 aliphatic carbocycles. The van der Waals surface area contributed by atoms with Gasteiger partial charge in [0, 0.05) is 0 Å². The molecule has 106 valence electrons. The Morgan fingerprint density at radius 3 is 1.89 bits per heavy atom. The summed E-state index contributed by atoms with van der Waals surface area (Å²) in [6.07, 6.45) is -0.164. The molecule has 2 unspecified atom stereocenters. The summed E-state index contributed by atoms with van der Waals surface area (Å²) in [5, 5.41) is 0. The van der Waals surface area contributed by atoms with Crippen LogP contribution in [0.15, 0.2) is 0 Å². The van der Waals surface area contributed by atoms with E-state index in [1.54, 1.807) is 20.8 Å². The molecule has 0 aromatic heterocycles. The summed E-state index contributed by atoms with van der Waals surface area (Å²) in [4.78, 5) is 23.0. The Balaban J connectivity index is 4.27. The molecule has 6 nitrogen and oxygen atoms in total. The second-order valence-corrected chi connectivity index (χ2v) is 4.74. The third kappa shape index (κ3) is 5.97. The minimum atomic E-state index is -0.543. The average molecular weight is 260 g/mol. The molecule has 0 aliphatic rings. The summed E-state index contributed by atoms with van der Waals surface area (Å²) in [5.74, 6) is -0.704. The molecule has 18 heavy (non-hydrogen) atoms. The number of ether oxygens (including phenoxy) is 2. The number of hydrogen-bond donors (Lipinski definition) is 2. The van der Waals surface area contributed by atoms with Crippen molar-refractivity contribution >= 4 is 11.9 Å². The zero-order valence-corrected chi connectivity index (χ0v) is 11.9. The maximum Gasteiger partial charge on any atom is 0.324 e. The molecule has 6 heteroatoms. The number of nitrogens with one attached hydrogen (secondary N) is 2. The van der Waals surface area contributed by atoms with Gasteiger partial charge in [0.25, 0.3) is 0 Å². The van der Waals surface area contributed by atoms with Crippen LogP contribution < -0.4 is 10.9 Å².